The van der Waals surface area contributed by atoms with Crippen LogP contribution in [-0.4, -0.2) is 46.9 Å². The SMILES string of the molecule is CCN1CCCC[C@@H](N(C(=O)C2CCC(C)CC2)c2cc(C#CC(C)(C)C)sc2C(=O)O)C1=O. The average molecular weight is 487 g/mol. The molecule has 1 saturated heterocycles. The van der Waals surface area contributed by atoms with Gasteiger partial charge in [-0.3, -0.25) is 14.5 Å². The van der Waals surface area contributed by atoms with Crippen molar-refractivity contribution in [1.82, 2.24) is 4.90 Å². The molecule has 2 aliphatic rings. The molecule has 34 heavy (non-hydrogen) atoms. The maximum atomic E-state index is 14.0. The lowest BCUT2D eigenvalue weighted by atomic mass is 9.82. The molecular formula is C27H38N2O4S. The summed E-state index contributed by atoms with van der Waals surface area (Å²) in [7, 11) is 0. The first kappa shape index (κ1) is 26.3. The van der Waals surface area contributed by atoms with Crippen molar-refractivity contribution in [1.29, 1.82) is 0 Å². The van der Waals surface area contributed by atoms with Crippen molar-refractivity contribution in [3.05, 3.63) is 15.8 Å². The van der Waals surface area contributed by atoms with Gasteiger partial charge in [0.25, 0.3) is 0 Å². The summed E-state index contributed by atoms with van der Waals surface area (Å²) in [6.45, 7) is 11.4. The van der Waals surface area contributed by atoms with E-state index in [-0.39, 0.29) is 28.0 Å². The van der Waals surface area contributed by atoms with Gasteiger partial charge in [-0.15, -0.1) is 11.3 Å². The van der Waals surface area contributed by atoms with Crippen LogP contribution in [0, 0.1) is 29.1 Å². The monoisotopic (exact) mass is 486 g/mol. The third-order valence-electron chi connectivity index (χ3n) is 6.78. The van der Waals surface area contributed by atoms with E-state index in [1.807, 2.05) is 27.7 Å². The van der Waals surface area contributed by atoms with Crippen LogP contribution in [0.25, 0.3) is 0 Å². The number of hydrogen-bond acceptors (Lipinski definition) is 4. The van der Waals surface area contributed by atoms with E-state index in [0.717, 1.165) is 49.9 Å². The van der Waals surface area contributed by atoms with E-state index in [1.54, 1.807) is 15.9 Å². The molecule has 1 aromatic heterocycles. The normalized spacial score (nSPS) is 23.6. The Kier molecular flexibility index (Phi) is 8.46. The number of carboxylic acid groups (broad SMARTS) is 1. The molecule has 1 atom stereocenters. The van der Waals surface area contributed by atoms with E-state index in [1.165, 1.54) is 0 Å². The number of carbonyl (C=O) groups excluding carboxylic acids is 2. The van der Waals surface area contributed by atoms with Crippen molar-refractivity contribution in [3.63, 3.8) is 0 Å². The highest BCUT2D eigenvalue weighted by Crippen LogP contribution is 2.37. The van der Waals surface area contributed by atoms with Crippen molar-refractivity contribution in [2.24, 2.45) is 17.3 Å². The summed E-state index contributed by atoms with van der Waals surface area (Å²) in [5.74, 6) is 5.37. The Morgan fingerprint density at radius 3 is 2.44 bits per heavy atom. The number of thiophene rings is 1. The first-order valence-electron chi connectivity index (χ1n) is 12.5. The molecule has 2 amide bonds. The average Bonchev–Trinajstić information content (AvgIpc) is 3.11. The maximum Gasteiger partial charge on any atom is 0.348 e. The highest BCUT2D eigenvalue weighted by Gasteiger charge is 2.40. The second kappa shape index (κ2) is 10.9. The standard InChI is InChI=1S/C27H38N2O4S/c1-6-28-16-8-7-9-21(25(28)31)29(24(30)19-12-10-18(2)11-13-19)22-17-20(14-15-27(3,4)5)34-23(22)26(32)33/h17-19,21H,6-13,16H2,1-5H3,(H,32,33)/t18?,19?,21-/m1/s1. The molecule has 1 aliphatic heterocycles. The summed E-state index contributed by atoms with van der Waals surface area (Å²) in [6, 6.07) is 1.04. The van der Waals surface area contributed by atoms with E-state index in [0.29, 0.717) is 36.0 Å². The van der Waals surface area contributed by atoms with Crippen LogP contribution in [0.4, 0.5) is 5.69 Å². The lowest BCUT2D eigenvalue weighted by Gasteiger charge is -2.36. The summed E-state index contributed by atoms with van der Waals surface area (Å²) in [6.07, 6.45) is 5.75. The number of nitrogens with zero attached hydrogens (tertiary/aromatic N) is 2. The molecule has 1 saturated carbocycles. The van der Waals surface area contributed by atoms with Gasteiger partial charge in [-0.1, -0.05) is 18.8 Å². The number of hydrogen-bond donors (Lipinski definition) is 1. The van der Waals surface area contributed by atoms with Crippen molar-refractivity contribution in [3.8, 4) is 11.8 Å². The fraction of sp³-hybridized carbons (Fsp3) is 0.667. The van der Waals surface area contributed by atoms with Gasteiger partial charge in [-0.05, 0) is 84.6 Å². The molecule has 186 valence electrons. The summed E-state index contributed by atoms with van der Waals surface area (Å²) in [5.41, 5.74) is 0.0939. The molecule has 7 heteroatoms. The van der Waals surface area contributed by atoms with E-state index < -0.39 is 12.0 Å². The topological polar surface area (TPSA) is 77.9 Å². The molecule has 1 aliphatic carbocycles. The van der Waals surface area contributed by atoms with Crippen LogP contribution in [-0.2, 0) is 9.59 Å². The summed E-state index contributed by atoms with van der Waals surface area (Å²) in [4.78, 5) is 43.8. The molecule has 0 aromatic carbocycles. The molecule has 2 fully saturated rings. The molecule has 6 nitrogen and oxygen atoms in total. The van der Waals surface area contributed by atoms with Gasteiger partial charge in [0.2, 0.25) is 11.8 Å². The number of rotatable bonds is 5. The van der Waals surface area contributed by atoms with Gasteiger partial charge in [-0.25, -0.2) is 4.79 Å². The van der Waals surface area contributed by atoms with Gasteiger partial charge in [0.15, 0.2) is 0 Å². The fourth-order valence-electron chi connectivity index (χ4n) is 4.81. The zero-order valence-corrected chi connectivity index (χ0v) is 22.0. The van der Waals surface area contributed by atoms with Gasteiger partial charge < -0.3 is 10.0 Å². The minimum atomic E-state index is -1.09. The number of likely N-dealkylation sites (N-methyl/N-ethyl adjacent to an activating group) is 1. The summed E-state index contributed by atoms with van der Waals surface area (Å²) >= 11 is 1.09. The van der Waals surface area contributed by atoms with E-state index in [4.69, 9.17) is 0 Å². The highest BCUT2D eigenvalue weighted by atomic mass is 32.1. The van der Waals surface area contributed by atoms with E-state index >= 15 is 0 Å². The van der Waals surface area contributed by atoms with Gasteiger partial charge in [0, 0.05) is 24.4 Å². The van der Waals surface area contributed by atoms with E-state index in [2.05, 4.69) is 18.8 Å². The molecule has 3 rings (SSSR count). The third kappa shape index (κ3) is 6.21. The third-order valence-corrected chi connectivity index (χ3v) is 7.80. The second-order valence-electron chi connectivity index (χ2n) is 10.7. The molecule has 1 N–H and O–H groups in total. The minimum Gasteiger partial charge on any atom is -0.477 e. The Hall–Kier alpha value is -2.33. The van der Waals surface area contributed by atoms with Crippen molar-refractivity contribution in [2.75, 3.05) is 18.0 Å². The van der Waals surface area contributed by atoms with Crippen molar-refractivity contribution in [2.45, 2.75) is 85.6 Å². The Labute approximate surface area is 207 Å². The predicted octanol–water partition coefficient (Wildman–Crippen LogP) is 5.40. The van der Waals surface area contributed by atoms with Crippen LogP contribution >= 0.6 is 11.3 Å². The maximum absolute atomic E-state index is 14.0. The lowest BCUT2D eigenvalue weighted by Crippen LogP contribution is -2.52. The van der Waals surface area contributed by atoms with Crippen molar-refractivity contribution >= 4 is 34.8 Å². The number of amides is 2. The highest BCUT2D eigenvalue weighted by molar-refractivity contribution is 7.15. The lowest BCUT2D eigenvalue weighted by molar-refractivity contribution is -0.135. The molecular weight excluding hydrogens is 448 g/mol. The van der Waals surface area contributed by atoms with Crippen LogP contribution in [0.1, 0.15) is 94.1 Å². The van der Waals surface area contributed by atoms with E-state index in [9.17, 15) is 19.5 Å². The Balaban J connectivity index is 2.10. The van der Waals surface area contributed by atoms with Crippen molar-refractivity contribution < 1.29 is 19.5 Å². The smallest absolute Gasteiger partial charge is 0.348 e. The first-order valence-corrected chi connectivity index (χ1v) is 13.4. The number of aromatic carboxylic acids is 1. The van der Waals surface area contributed by atoms with Gasteiger partial charge in [0.1, 0.15) is 10.9 Å². The molecule has 1 aromatic rings. The zero-order chi connectivity index (χ0) is 25.0. The number of anilines is 1. The van der Waals surface area contributed by atoms with Crippen LogP contribution in [0.3, 0.4) is 0 Å². The van der Waals surface area contributed by atoms with Crippen LogP contribution < -0.4 is 4.90 Å². The molecule has 0 radical (unpaired) electrons. The van der Waals surface area contributed by atoms with Gasteiger partial charge in [0.05, 0.1) is 10.6 Å². The second-order valence-corrected chi connectivity index (χ2v) is 11.8. The first-order chi connectivity index (χ1) is 16.0. The minimum absolute atomic E-state index is 0.0795. The molecule has 0 unspecified atom stereocenters. The van der Waals surface area contributed by atoms with Gasteiger partial charge >= 0.3 is 5.97 Å². The Morgan fingerprint density at radius 2 is 1.85 bits per heavy atom. The molecule has 0 bridgehead atoms. The number of carbonyl (C=O) groups is 3. The van der Waals surface area contributed by atoms with Crippen LogP contribution in [0.5, 0.6) is 0 Å². The van der Waals surface area contributed by atoms with Crippen LogP contribution in [0.15, 0.2) is 6.07 Å². The number of likely N-dealkylation sites (tertiary alicyclic amines) is 1. The number of carboxylic acids is 1. The fourth-order valence-corrected chi connectivity index (χ4v) is 5.65. The Bertz CT molecular complexity index is 973. The summed E-state index contributed by atoms with van der Waals surface area (Å²) < 4.78 is 0. The quantitative estimate of drug-likeness (QED) is 0.565. The molecule has 0 spiro atoms. The zero-order valence-electron chi connectivity index (χ0n) is 21.1. The Morgan fingerprint density at radius 1 is 1.18 bits per heavy atom. The molecule has 2 heterocycles. The summed E-state index contributed by atoms with van der Waals surface area (Å²) in [5, 5.41) is 10.0. The predicted molar refractivity (Wildman–Crippen MR) is 136 cm³/mol. The van der Waals surface area contributed by atoms with Gasteiger partial charge in [-0.2, -0.15) is 0 Å². The largest absolute Gasteiger partial charge is 0.477 e. The van der Waals surface area contributed by atoms with Crippen LogP contribution in [0.2, 0.25) is 0 Å².